The number of aromatic nitrogens is 1. The molecule has 0 fully saturated rings. The fourth-order valence-corrected chi connectivity index (χ4v) is 2.16. The Balaban J connectivity index is 2.31. The quantitative estimate of drug-likeness (QED) is 0.826. The molecule has 0 aliphatic carbocycles. The minimum atomic E-state index is 0.949. The van der Waals surface area contributed by atoms with Gasteiger partial charge >= 0.3 is 0 Å². The van der Waals surface area contributed by atoms with E-state index in [0.29, 0.717) is 0 Å². The zero-order chi connectivity index (χ0) is 11.5. The number of likely N-dealkylation sites (N-methyl/N-ethyl adjacent to an activating group) is 1. The first-order valence-electron chi connectivity index (χ1n) is 5.45. The zero-order valence-corrected chi connectivity index (χ0v) is 11.2. The molecule has 0 atom stereocenters. The van der Waals surface area contributed by atoms with Crippen LogP contribution in [0.2, 0.25) is 0 Å². The van der Waals surface area contributed by atoms with Gasteiger partial charge in [0.2, 0.25) is 0 Å². The van der Waals surface area contributed by atoms with Crippen LogP contribution in [0.25, 0.3) is 5.57 Å². The van der Waals surface area contributed by atoms with Crippen molar-refractivity contribution in [3.8, 4) is 0 Å². The van der Waals surface area contributed by atoms with Gasteiger partial charge in [-0.25, -0.2) is 0 Å². The van der Waals surface area contributed by atoms with Gasteiger partial charge in [-0.1, -0.05) is 13.0 Å². The van der Waals surface area contributed by atoms with E-state index >= 15 is 0 Å². The van der Waals surface area contributed by atoms with Crippen LogP contribution in [-0.2, 0) is 6.42 Å². The molecule has 3 heteroatoms. The highest BCUT2D eigenvalue weighted by molar-refractivity contribution is 9.10. The number of aryl methyl sites for hydroxylation is 1. The number of rotatable bonds is 2. The number of hydrogen-bond donors (Lipinski definition) is 0. The molecule has 0 N–H and O–H groups in total. The highest BCUT2D eigenvalue weighted by Crippen LogP contribution is 2.22. The van der Waals surface area contributed by atoms with E-state index in [1.165, 1.54) is 5.57 Å². The fraction of sp³-hybridized carbons (Fsp3) is 0.308. The van der Waals surface area contributed by atoms with E-state index < -0.39 is 0 Å². The first kappa shape index (κ1) is 11.4. The van der Waals surface area contributed by atoms with Crippen molar-refractivity contribution in [3.63, 3.8) is 0 Å². The topological polar surface area (TPSA) is 16.1 Å². The third-order valence-electron chi connectivity index (χ3n) is 2.66. The lowest BCUT2D eigenvalue weighted by molar-refractivity contribution is 0.506. The van der Waals surface area contributed by atoms with Gasteiger partial charge in [-0.15, -0.1) is 0 Å². The van der Waals surface area contributed by atoms with E-state index in [1.54, 1.807) is 0 Å². The minimum Gasteiger partial charge on any atom is -0.377 e. The van der Waals surface area contributed by atoms with Crippen molar-refractivity contribution < 1.29 is 0 Å². The summed E-state index contributed by atoms with van der Waals surface area (Å²) in [6.07, 6.45) is 7.35. The second-order valence-electron chi connectivity index (χ2n) is 3.89. The molecule has 0 aromatic carbocycles. The molecular formula is C13H15BrN2. The largest absolute Gasteiger partial charge is 0.377 e. The summed E-state index contributed by atoms with van der Waals surface area (Å²) in [6, 6.07) is 4.14. The Morgan fingerprint density at radius 2 is 2.25 bits per heavy atom. The molecule has 0 saturated heterocycles. The third-order valence-corrected chi connectivity index (χ3v) is 3.38. The van der Waals surface area contributed by atoms with Gasteiger partial charge in [-0.3, -0.25) is 4.98 Å². The first-order valence-corrected chi connectivity index (χ1v) is 6.24. The smallest absolute Gasteiger partial charge is 0.0704 e. The average Bonchev–Trinajstić information content (AvgIpc) is 2.31. The Bertz CT molecular complexity index is 449. The van der Waals surface area contributed by atoms with E-state index in [9.17, 15) is 0 Å². The predicted octanol–water partition coefficient (Wildman–Crippen LogP) is 3.25. The number of hydrogen-bond acceptors (Lipinski definition) is 2. The van der Waals surface area contributed by atoms with Crippen molar-refractivity contribution in [3.05, 3.63) is 46.3 Å². The van der Waals surface area contributed by atoms with Crippen LogP contribution in [0.5, 0.6) is 0 Å². The predicted molar refractivity (Wildman–Crippen MR) is 71.1 cm³/mol. The molecule has 0 amide bonds. The molecule has 0 bridgehead atoms. The Labute approximate surface area is 105 Å². The van der Waals surface area contributed by atoms with Crippen molar-refractivity contribution in [2.45, 2.75) is 13.3 Å². The summed E-state index contributed by atoms with van der Waals surface area (Å²) in [4.78, 5) is 6.80. The summed E-state index contributed by atoms with van der Waals surface area (Å²) in [5.41, 5.74) is 3.38. The SMILES string of the molecule is CCc1nc(C2=CCN(C)C=C2)ccc1Br. The van der Waals surface area contributed by atoms with Crippen LogP contribution in [0.3, 0.4) is 0 Å². The van der Waals surface area contributed by atoms with Crippen LogP contribution in [0, 0.1) is 0 Å². The normalized spacial score (nSPS) is 15.2. The van der Waals surface area contributed by atoms with E-state index in [0.717, 1.165) is 28.8 Å². The molecule has 84 valence electrons. The lowest BCUT2D eigenvalue weighted by atomic mass is 10.1. The van der Waals surface area contributed by atoms with Gasteiger partial charge in [0.25, 0.3) is 0 Å². The summed E-state index contributed by atoms with van der Waals surface area (Å²) in [5, 5.41) is 0. The van der Waals surface area contributed by atoms with Crippen molar-refractivity contribution in [1.82, 2.24) is 9.88 Å². The summed E-state index contributed by atoms with van der Waals surface area (Å²) >= 11 is 3.52. The molecule has 0 saturated carbocycles. The van der Waals surface area contributed by atoms with E-state index in [4.69, 9.17) is 0 Å². The van der Waals surface area contributed by atoms with Crippen LogP contribution in [0.4, 0.5) is 0 Å². The van der Waals surface area contributed by atoms with Crippen LogP contribution in [0.1, 0.15) is 18.3 Å². The highest BCUT2D eigenvalue weighted by Gasteiger charge is 2.07. The maximum Gasteiger partial charge on any atom is 0.0704 e. The van der Waals surface area contributed by atoms with Crippen molar-refractivity contribution in [2.24, 2.45) is 0 Å². The van der Waals surface area contributed by atoms with Gasteiger partial charge in [0, 0.05) is 18.1 Å². The Morgan fingerprint density at radius 1 is 1.44 bits per heavy atom. The molecule has 0 unspecified atom stereocenters. The molecule has 0 spiro atoms. The molecular weight excluding hydrogens is 264 g/mol. The lowest BCUT2D eigenvalue weighted by Gasteiger charge is -2.17. The Hall–Kier alpha value is -1.09. The monoisotopic (exact) mass is 278 g/mol. The van der Waals surface area contributed by atoms with Gasteiger partial charge in [0.15, 0.2) is 0 Å². The van der Waals surface area contributed by atoms with Crippen molar-refractivity contribution in [2.75, 3.05) is 13.6 Å². The van der Waals surface area contributed by atoms with Crippen LogP contribution >= 0.6 is 15.9 Å². The average molecular weight is 279 g/mol. The number of allylic oxidation sites excluding steroid dienone is 2. The summed E-state index contributed by atoms with van der Waals surface area (Å²) < 4.78 is 1.09. The molecule has 2 rings (SSSR count). The standard InChI is InChI=1S/C13H15BrN2/c1-3-12-11(14)4-5-13(15-12)10-6-8-16(2)9-7-10/h4-8H,3,9H2,1-2H3. The van der Waals surface area contributed by atoms with Crippen LogP contribution in [-0.4, -0.2) is 23.5 Å². The van der Waals surface area contributed by atoms with Crippen LogP contribution in [0.15, 0.2) is 35.0 Å². The summed E-state index contributed by atoms with van der Waals surface area (Å²) in [5.74, 6) is 0. The molecule has 0 radical (unpaired) electrons. The summed E-state index contributed by atoms with van der Waals surface area (Å²) in [6.45, 7) is 3.07. The van der Waals surface area contributed by atoms with Crippen LogP contribution < -0.4 is 0 Å². The summed E-state index contributed by atoms with van der Waals surface area (Å²) in [7, 11) is 2.07. The van der Waals surface area contributed by atoms with Gasteiger partial charge < -0.3 is 4.90 Å². The second kappa shape index (κ2) is 4.83. The maximum atomic E-state index is 4.65. The van der Waals surface area contributed by atoms with Gasteiger partial charge in [-0.2, -0.15) is 0 Å². The first-order chi connectivity index (χ1) is 7.70. The third kappa shape index (κ3) is 2.35. The fourth-order valence-electron chi connectivity index (χ4n) is 1.66. The van der Waals surface area contributed by atoms with Crippen molar-refractivity contribution >= 4 is 21.5 Å². The Kier molecular flexibility index (Phi) is 3.44. The molecule has 2 nitrogen and oxygen atoms in total. The number of nitrogens with zero attached hydrogens (tertiary/aromatic N) is 2. The van der Waals surface area contributed by atoms with E-state index in [2.05, 4.69) is 70.3 Å². The number of halogens is 1. The highest BCUT2D eigenvalue weighted by atomic mass is 79.9. The second-order valence-corrected chi connectivity index (χ2v) is 4.75. The van der Waals surface area contributed by atoms with E-state index in [1.807, 2.05) is 0 Å². The minimum absolute atomic E-state index is 0.949. The molecule has 2 heterocycles. The van der Waals surface area contributed by atoms with Gasteiger partial charge in [0.05, 0.1) is 11.4 Å². The van der Waals surface area contributed by atoms with Crippen molar-refractivity contribution in [1.29, 1.82) is 0 Å². The van der Waals surface area contributed by atoms with E-state index in [-0.39, 0.29) is 0 Å². The molecule has 1 aliphatic rings. The molecule has 1 aromatic heterocycles. The lowest BCUT2D eigenvalue weighted by Crippen LogP contribution is -2.13. The van der Waals surface area contributed by atoms with Gasteiger partial charge in [-0.05, 0) is 52.3 Å². The number of pyridine rings is 1. The van der Waals surface area contributed by atoms with Gasteiger partial charge in [0.1, 0.15) is 0 Å². The Morgan fingerprint density at radius 3 is 2.88 bits per heavy atom. The molecule has 16 heavy (non-hydrogen) atoms. The molecule has 1 aromatic rings. The molecule has 1 aliphatic heterocycles. The zero-order valence-electron chi connectivity index (χ0n) is 9.57. The maximum absolute atomic E-state index is 4.65.